The first-order chi connectivity index (χ1) is 8.86. The molecule has 1 aromatic rings. The number of thiophene rings is 1. The summed E-state index contributed by atoms with van der Waals surface area (Å²) in [5.74, 6) is 0. The van der Waals surface area contributed by atoms with E-state index in [4.69, 9.17) is 16.4 Å². The Morgan fingerprint density at radius 3 is 2.84 bits per heavy atom. The third-order valence-electron chi connectivity index (χ3n) is 3.03. The average molecular weight is 323 g/mol. The predicted molar refractivity (Wildman–Crippen MR) is 84.8 cm³/mol. The van der Waals surface area contributed by atoms with E-state index in [1.165, 1.54) is 32.4 Å². The van der Waals surface area contributed by atoms with Crippen LogP contribution in [0.4, 0.5) is 0 Å². The molecule has 0 bridgehead atoms. The zero-order valence-corrected chi connectivity index (χ0v) is 13.3. The Balaban J connectivity index is 0.00000180. The van der Waals surface area contributed by atoms with E-state index in [1.807, 2.05) is 17.5 Å². The van der Waals surface area contributed by atoms with Crippen LogP contribution in [0.2, 0.25) is 0 Å². The molecule has 0 radical (unpaired) electrons. The Labute approximate surface area is 130 Å². The maximum Gasteiger partial charge on any atom is 0.185 e. The van der Waals surface area contributed by atoms with Gasteiger partial charge in [-0.15, -0.1) is 23.7 Å². The lowest BCUT2D eigenvalue weighted by atomic mass is 10.1. The van der Waals surface area contributed by atoms with Crippen molar-refractivity contribution in [3.8, 4) is 0 Å². The van der Waals surface area contributed by atoms with Crippen molar-refractivity contribution in [2.45, 2.75) is 25.7 Å². The molecule has 1 aliphatic heterocycles. The van der Waals surface area contributed by atoms with Gasteiger partial charge in [-0.2, -0.15) is 0 Å². The largest absolute Gasteiger partial charge is 0.395 e. The lowest BCUT2D eigenvalue weighted by molar-refractivity contribution is 0.125. The van der Waals surface area contributed by atoms with Crippen LogP contribution in [-0.4, -0.2) is 36.3 Å². The van der Waals surface area contributed by atoms with Crippen molar-refractivity contribution in [2.75, 3.05) is 26.2 Å². The number of halogens is 2. The summed E-state index contributed by atoms with van der Waals surface area (Å²) in [5, 5.41) is 6.35. The van der Waals surface area contributed by atoms with Gasteiger partial charge >= 0.3 is 0 Å². The molecule has 0 N–H and O–H groups in total. The van der Waals surface area contributed by atoms with Gasteiger partial charge in [0.2, 0.25) is 0 Å². The summed E-state index contributed by atoms with van der Waals surface area (Å²) in [6.45, 7) is 4.21. The minimum atomic E-state index is 0. The highest BCUT2D eigenvalue weighted by molar-refractivity contribution is 7.14. The summed E-state index contributed by atoms with van der Waals surface area (Å²) in [6.07, 6.45) is 5.07. The summed E-state index contributed by atoms with van der Waals surface area (Å²) in [6, 6.07) is 3.89. The first-order valence-corrected chi connectivity index (χ1v) is 7.74. The molecular weight excluding hydrogens is 303 g/mol. The van der Waals surface area contributed by atoms with Crippen molar-refractivity contribution in [1.82, 2.24) is 4.90 Å². The van der Waals surface area contributed by atoms with Crippen LogP contribution in [0.25, 0.3) is 0 Å². The third-order valence-corrected chi connectivity index (χ3v) is 4.29. The molecule has 0 saturated carbocycles. The third kappa shape index (κ3) is 6.13. The number of hydrogen-bond donors (Lipinski definition) is 0. The molecule has 108 valence electrons. The van der Waals surface area contributed by atoms with Gasteiger partial charge < -0.3 is 9.74 Å². The van der Waals surface area contributed by atoms with E-state index in [0.717, 1.165) is 17.8 Å². The summed E-state index contributed by atoms with van der Waals surface area (Å²) in [5.41, 5.74) is 0. The molecule has 0 aliphatic carbocycles. The van der Waals surface area contributed by atoms with Gasteiger partial charge in [-0.3, -0.25) is 0 Å². The second kappa shape index (κ2) is 9.59. The van der Waals surface area contributed by atoms with Gasteiger partial charge in [-0.25, -0.2) is 0 Å². The molecule has 0 amide bonds. The first-order valence-electron chi connectivity index (χ1n) is 6.48. The lowest BCUT2D eigenvalue weighted by Gasteiger charge is -2.25. The number of piperidine rings is 1. The normalized spacial score (nSPS) is 17.0. The second-order valence-corrected chi connectivity index (χ2v) is 5.75. The Kier molecular flexibility index (Phi) is 8.46. The number of rotatable bonds is 6. The van der Waals surface area contributed by atoms with Crippen LogP contribution in [0.3, 0.4) is 0 Å². The molecule has 2 rings (SSSR count). The fourth-order valence-electron chi connectivity index (χ4n) is 2.08. The maximum absolute atomic E-state index is 6.00. The van der Waals surface area contributed by atoms with Crippen molar-refractivity contribution in [3.63, 3.8) is 0 Å². The minimum absolute atomic E-state index is 0. The minimum Gasteiger partial charge on any atom is -0.395 e. The Morgan fingerprint density at radius 2 is 2.16 bits per heavy atom. The standard InChI is InChI=1S/C13H19ClN2OS.ClH/c14-13(12-6-4-11-18-12)15-17-10-5-9-16-7-2-1-3-8-16;/h4,6,11H,1-3,5,7-10H2;1H/b15-13-;. The quantitative estimate of drug-likeness (QED) is 0.450. The fraction of sp³-hybridized carbons (Fsp3) is 0.615. The van der Waals surface area contributed by atoms with Crippen LogP contribution in [0.1, 0.15) is 30.6 Å². The maximum atomic E-state index is 6.00. The summed E-state index contributed by atoms with van der Waals surface area (Å²) >= 11 is 7.57. The van der Waals surface area contributed by atoms with Crippen LogP contribution in [-0.2, 0) is 4.84 Å². The topological polar surface area (TPSA) is 24.8 Å². The Hall–Kier alpha value is -0.290. The summed E-state index contributed by atoms with van der Waals surface area (Å²) < 4.78 is 0. The molecule has 3 nitrogen and oxygen atoms in total. The van der Waals surface area contributed by atoms with E-state index in [9.17, 15) is 0 Å². The monoisotopic (exact) mass is 322 g/mol. The van der Waals surface area contributed by atoms with Crippen LogP contribution < -0.4 is 0 Å². The number of nitrogens with zero attached hydrogens (tertiary/aromatic N) is 2. The van der Waals surface area contributed by atoms with Gasteiger partial charge in [0.25, 0.3) is 0 Å². The number of hydrogen-bond acceptors (Lipinski definition) is 4. The zero-order chi connectivity index (χ0) is 12.6. The number of oxime groups is 1. The van der Waals surface area contributed by atoms with Crippen LogP contribution in [0.5, 0.6) is 0 Å². The van der Waals surface area contributed by atoms with Crippen molar-refractivity contribution in [1.29, 1.82) is 0 Å². The second-order valence-electron chi connectivity index (χ2n) is 4.45. The molecule has 0 atom stereocenters. The van der Waals surface area contributed by atoms with Crippen molar-refractivity contribution < 1.29 is 4.84 Å². The average Bonchev–Trinajstić information content (AvgIpc) is 2.93. The van der Waals surface area contributed by atoms with Gasteiger partial charge in [-0.05, 0) is 43.8 Å². The molecule has 1 aromatic heterocycles. The van der Waals surface area contributed by atoms with E-state index in [1.54, 1.807) is 11.3 Å². The Bertz CT molecular complexity index is 365. The number of likely N-dealkylation sites (tertiary alicyclic amines) is 1. The van der Waals surface area contributed by atoms with E-state index < -0.39 is 0 Å². The smallest absolute Gasteiger partial charge is 0.185 e. The first kappa shape index (κ1) is 16.8. The van der Waals surface area contributed by atoms with E-state index >= 15 is 0 Å². The molecule has 2 heterocycles. The molecule has 0 spiro atoms. The highest BCUT2D eigenvalue weighted by Crippen LogP contribution is 2.13. The van der Waals surface area contributed by atoms with Crippen LogP contribution >= 0.6 is 35.3 Å². The van der Waals surface area contributed by atoms with Gasteiger partial charge in [0.1, 0.15) is 6.61 Å². The van der Waals surface area contributed by atoms with Crippen LogP contribution in [0.15, 0.2) is 22.7 Å². The van der Waals surface area contributed by atoms with E-state index in [2.05, 4.69) is 10.1 Å². The van der Waals surface area contributed by atoms with Gasteiger partial charge in [-0.1, -0.05) is 29.2 Å². The summed E-state index contributed by atoms with van der Waals surface area (Å²) in [7, 11) is 0. The molecule has 19 heavy (non-hydrogen) atoms. The molecule has 6 heteroatoms. The van der Waals surface area contributed by atoms with E-state index in [0.29, 0.717) is 11.8 Å². The highest BCUT2D eigenvalue weighted by atomic mass is 35.5. The van der Waals surface area contributed by atoms with Crippen molar-refractivity contribution in [2.24, 2.45) is 5.16 Å². The molecule has 1 fully saturated rings. The Morgan fingerprint density at radius 1 is 1.37 bits per heavy atom. The predicted octanol–water partition coefficient (Wildman–Crippen LogP) is 3.96. The van der Waals surface area contributed by atoms with Crippen molar-refractivity contribution >= 4 is 40.5 Å². The van der Waals surface area contributed by atoms with Gasteiger partial charge in [0, 0.05) is 6.54 Å². The van der Waals surface area contributed by atoms with Gasteiger partial charge in [0.15, 0.2) is 5.17 Å². The molecular formula is C13H20Cl2N2OS. The van der Waals surface area contributed by atoms with Crippen molar-refractivity contribution in [3.05, 3.63) is 22.4 Å². The fourth-order valence-corrected chi connectivity index (χ4v) is 2.92. The molecule has 1 aliphatic rings. The van der Waals surface area contributed by atoms with Gasteiger partial charge in [0.05, 0.1) is 4.88 Å². The lowest BCUT2D eigenvalue weighted by Crippen LogP contribution is -2.31. The SMILES string of the molecule is Cl.Cl/C(=N\OCCCN1CCCCC1)c1cccs1. The molecule has 1 saturated heterocycles. The van der Waals surface area contributed by atoms with E-state index in [-0.39, 0.29) is 12.4 Å². The summed E-state index contributed by atoms with van der Waals surface area (Å²) in [4.78, 5) is 8.70. The molecule has 0 aromatic carbocycles. The van der Waals surface area contributed by atoms with Crippen LogP contribution in [0, 0.1) is 0 Å². The highest BCUT2D eigenvalue weighted by Gasteiger charge is 2.09. The molecule has 0 unspecified atom stereocenters. The zero-order valence-electron chi connectivity index (χ0n) is 10.9.